The second kappa shape index (κ2) is 4.75. The number of thiophene rings is 1. The van der Waals surface area contributed by atoms with Gasteiger partial charge in [-0.3, -0.25) is 0 Å². The third-order valence-electron chi connectivity index (χ3n) is 2.61. The molecule has 2 nitrogen and oxygen atoms in total. The van der Waals surface area contributed by atoms with Crippen LogP contribution in [0.5, 0.6) is 0 Å². The van der Waals surface area contributed by atoms with Crippen LogP contribution in [-0.4, -0.2) is 0 Å². The van der Waals surface area contributed by atoms with Crippen molar-refractivity contribution in [3.8, 4) is 0 Å². The molecular weight excluding hydrogens is 235 g/mol. The smallest absolute Gasteiger partial charge is 0.148 e. The first-order valence-corrected chi connectivity index (χ1v) is 6.26. The molecule has 0 spiro atoms. The number of nitrogen functional groups attached to an aromatic ring is 1. The summed E-state index contributed by atoms with van der Waals surface area (Å²) in [6.07, 6.45) is 0. The fourth-order valence-corrected chi connectivity index (χ4v) is 2.53. The third kappa shape index (κ3) is 2.58. The van der Waals surface area contributed by atoms with Crippen molar-refractivity contribution in [1.29, 1.82) is 0 Å². The van der Waals surface area contributed by atoms with Crippen LogP contribution in [0.15, 0.2) is 30.3 Å². The maximum Gasteiger partial charge on any atom is 0.148 e. The van der Waals surface area contributed by atoms with E-state index in [-0.39, 0.29) is 17.5 Å². The van der Waals surface area contributed by atoms with Crippen LogP contribution in [-0.2, 0) is 0 Å². The number of halogens is 1. The van der Waals surface area contributed by atoms with Crippen LogP contribution < -0.4 is 11.1 Å². The Bertz CT molecular complexity index is 522. The van der Waals surface area contributed by atoms with Crippen LogP contribution in [0.25, 0.3) is 0 Å². The average molecular weight is 250 g/mol. The van der Waals surface area contributed by atoms with Gasteiger partial charge < -0.3 is 11.1 Å². The van der Waals surface area contributed by atoms with Gasteiger partial charge in [0.1, 0.15) is 5.82 Å². The van der Waals surface area contributed by atoms with Crippen molar-refractivity contribution in [2.75, 3.05) is 11.1 Å². The van der Waals surface area contributed by atoms with Crippen molar-refractivity contribution in [3.05, 3.63) is 45.9 Å². The zero-order valence-corrected chi connectivity index (χ0v) is 10.6. The van der Waals surface area contributed by atoms with Crippen molar-refractivity contribution >= 4 is 22.7 Å². The van der Waals surface area contributed by atoms with Gasteiger partial charge in [-0.25, -0.2) is 4.39 Å². The highest BCUT2D eigenvalue weighted by atomic mass is 32.1. The predicted molar refractivity (Wildman–Crippen MR) is 71.9 cm³/mol. The first-order chi connectivity index (χ1) is 8.08. The minimum Gasteiger partial charge on any atom is -0.395 e. The molecule has 3 N–H and O–H groups in total. The number of nitrogens with two attached hydrogens (primary N) is 1. The number of benzene rings is 1. The molecule has 0 aliphatic heterocycles. The molecule has 0 amide bonds. The Morgan fingerprint density at radius 2 is 2.06 bits per heavy atom. The summed E-state index contributed by atoms with van der Waals surface area (Å²) in [6.45, 7) is 4.10. The molecule has 1 aromatic carbocycles. The zero-order valence-electron chi connectivity index (χ0n) is 9.83. The molecule has 0 radical (unpaired) electrons. The fourth-order valence-electron chi connectivity index (χ4n) is 1.65. The van der Waals surface area contributed by atoms with Gasteiger partial charge in [0.05, 0.1) is 17.4 Å². The molecule has 0 aliphatic carbocycles. The Kier molecular flexibility index (Phi) is 3.33. The first kappa shape index (κ1) is 11.9. The highest BCUT2D eigenvalue weighted by Crippen LogP contribution is 2.29. The van der Waals surface area contributed by atoms with Gasteiger partial charge in [-0.05, 0) is 38.1 Å². The molecule has 0 bridgehead atoms. The maximum atomic E-state index is 13.3. The maximum absolute atomic E-state index is 13.3. The predicted octanol–water partition coefficient (Wildman–Crippen LogP) is 3.95. The Labute approximate surface area is 104 Å². The lowest BCUT2D eigenvalue weighted by atomic mass is 10.2. The van der Waals surface area contributed by atoms with E-state index in [1.54, 1.807) is 23.5 Å². The van der Waals surface area contributed by atoms with Gasteiger partial charge in [0, 0.05) is 9.75 Å². The number of anilines is 2. The summed E-state index contributed by atoms with van der Waals surface area (Å²) in [5.41, 5.74) is 6.50. The average Bonchev–Trinajstić information content (AvgIpc) is 2.72. The van der Waals surface area contributed by atoms with Crippen molar-refractivity contribution in [1.82, 2.24) is 0 Å². The Morgan fingerprint density at radius 3 is 2.71 bits per heavy atom. The van der Waals surface area contributed by atoms with E-state index < -0.39 is 0 Å². The monoisotopic (exact) mass is 250 g/mol. The highest BCUT2D eigenvalue weighted by Gasteiger charge is 2.10. The first-order valence-electron chi connectivity index (χ1n) is 5.45. The van der Waals surface area contributed by atoms with Crippen molar-refractivity contribution in [3.63, 3.8) is 0 Å². The third-order valence-corrected chi connectivity index (χ3v) is 3.80. The summed E-state index contributed by atoms with van der Waals surface area (Å²) in [5.74, 6) is -0.385. The van der Waals surface area contributed by atoms with E-state index in [2.05, 4.69) is 24.4 Å². The van der Waals surface area contributed by atoms with E-state index >= 15 is 0 Å². The molecule has 1 unspecified atom stereocenters. The van der Waals surface area contributed by atoms with Gasteiger partial charge in [0.25, 0.3) is 0 Å². The highest BCUT2D eigenvalue weighted by molar-refractivity contribution is 7.12. The number of hydrogen-bond donors (Lipinski definition) is 2. The molecule has 0 fully saturated rings. The molecule has 1 heterocycles. The normalized spacial score (nSPS) is 12.4. The van der Waals surface area contributed by atoms with Gasteiger partial charge in [0.2, 0.25) is 0 Å². The molecule has 0 aliphatic rings. The van der Waals surface area contributed by atoms with Crippen LogP contribution in [0.3, 0.4) is 0 Å². The van der Waals surface area contributed by atoms with Crippen LogP contribution in [0.4, 0.5) is 15.8 Å². The topological polar surface area (TPSA) is 38.0 Å². The van der Waals surface area contributed by atoms with Gasteiger partial charge in [-0.2, -0.15) is 0 Å². The van der Waals surface area contributed by atoms with E-state index in [0.717, 1.165) is 0 Å². The van der Waals surface area contributed by atoms with Gasteiger partial charge in [0.15, 0.2) is 0 Å². The lowest BCUT2D eigenvalue weighted by Crippen LogP contribution is -2.07. The molecule has 1 aromatic heterocycles. The number of nitrogens with one attached hydrogen (secondary N) is 1. The van der Waals surface area contributed by atoms with Crippen LogP contribution in [0.2, 0.25) is 0 Å². The number of para-hydroxylation sites is 1. The summed E-state index contributed by atoms with van der Waals surface area (Å²) in [6, 6.07) is 9.08. The summed E-state index contributed by atoms with van der Waals surface area (Å²) in [5, 5.41) is 3.23. The summed E-state index contributed by atoms with van der Waals surface area (Å²) in [4.78, 5) is 2.48. The van der Waals surface area contributed by atoms with E-state index in [4.69, 9.17) is 5.73 Å². The van der Waals surface area contributed by atoms with Crippen molar-refractivity contribution < 1.29 is 4.39 Å². The van der Waals surface area contributed by atoms with Crippen LogP contribution in [0, 0.1) is 12.7 Å². The second-order valence-corrected chi connectivity index (χ2v) is 5.33. The van der Waals surface area contributed by atoms with E-state index in [0.29, 0.717) is 5.69 Å². The standard InChI is InChI=1S/C13H15FN2S/c1-8-6-7-12(17-8)9(2)16-11-5-3-4-10(14)13(11)15/h3-7,9,16H,15H2,1-2H3. The van der Waals surface area contributed by atoms with Crippen LogP contribution >= 0.6 is 11.3 Å². The minimum atomic E-state index is -0.385. The molecule has 1 atom stereocenters. The molecule has 2 rings (SSSR count). The van der Waals surface area contributed by atoms with Gasteiger partial charge >= 0.3 is 0 Å². The summed E-state index contributed by atoms with van der Waals surface area (Å²) in [7, 11) is 0. The molecule has 0 saturated carbocycles. The Balaban J connectivity index is 2.18. The van der Waals surface area contributed by atoms with E-state index in [1.807, 2.05) is 6.92 Å². The largest absolute Gasteiger partial charge is 0.395 e. The van der Waals surface area contributed by atoms with Crippen LogP contribution in [0.1, 0.15) is 22.7 Å². The van der Waals surface area contributed by atoms with Crippen molar-refractivity contribution in [2.45, 2.75) is 19.9 Å². The van der Waals surface area contributed by atoms with Crippen molar-refractivity contribution in [2.24, 2.45) is 0 Å². The van der Waals surface area contributed by atoms with E-state index in [1.165, 1.54) is 15.8 Å². The Hall–Kier alpha value is -1.55. The van der Waals surface area contributed by atoms with Gasteiger partial charge in [-0.15, -0.1) is 11.3 Å². The number of aryl methyl sites for hydroxylation is 1. The minimum absolute atomic E-state index is 0.123. The molecule has 4 heteroatoms. The summed E-state index contributed by atoms with van der Waals surface area (Å²) < 4.78 is 13.3. The molecular formula is C13H15FN2S. The lowest BCUT2D eigenvalue weighted by molar-refractivity contribution is 0.632. The second-order valence-electron chi connectivity index (χ2n) is 4.02. The Morgan fingerprint density at radius 1 is 1.29 bits per heavy atom. The zero-order chi connectivity index (χ0) is 12.4. The molecule has 17 heavy (non-hydrogen) atoms. The fraction of sp³-hybridized carbons (Fsp3) is 0.231. The molecule has 2 aromatic rings. The molecule has 90 valence electrons. The van der Waals surface area contributed by atoms with E-state index in [9.17, 15) is 4.39 Å². The quantitative estimate of drug-likeness (QED) is 0.809. The SMILES string of the molecule is Cc1ccc(C(C)Nc2cccc(F)c2N)s1. The van der Waals surface area contributed by atoms with Gasteiger partial charge in [-0.1, -0.05) is 6.07 Å². The number of hydrogen-bond acceptors (Lipinski definition) is 3. The number of rotatable bonds is 3. The lowest BCUT2D eigenvalue weighted by Gasteiger charge is -2.15. The summed E-state index contributed by atoms with van der Waals surface area (Å²) >= 11 is 1.73. The molecule has 0 saturated heterocycles.